The van der Waals surface area contributed by atoms with Crippen LogP contribution in [0.15, 0.2) is 11.6 Å². The third-order valence-electron chi connectivity index (χ3n) is 8.92. The zero-order chi connectivity index (χ0) is 16.4. The lowest BCUT2D eigenvalue weighted by molar-refractivity contribution is -0.155. The minimum atomic E-state index is -0.0933. The fraction of sp³-hybridized carbons (Fsp3) is 0.905. The van der Waals surface area contributed by atoms with Crippen molar-refractivity contribution in [2.24, 2.45) is 40.2 Å². The Morgan fingerprint density at radius 1 is 1.09 bits per heavy atom. The lowest BCUT2D eigenvalue weighted by atomic mass is 9.44. The van der Waals surface area contributed by atoms with E-state index >= 15 is 0 Å². The Kier molecular flexibility index (Phi) is 3.74. The van der Waals surface area contributed by atoms with Crippen molar-refractivity contribution in [1.29, 1.82) is 0 Å². The molecule has 4 aliphatic carbocycles. The maximum Gasteiger partial charge on any atom is 0.0577 e. The zero-order valence-corrected chi connectivity index (χ0v) is 15.2. The molecule has 0 heterocycles. The Labute approximate surface area is 141 Å². The highest BCUT2D eigenvalue weighted by atomic mass is 16.3. The lowest BCUT2D eigenvalue weighted by Crippen LogP contribution is -2.58. The monoisotopic (exact) mass is 317 g/mol. The third-order valence-corrected chi connectivity index (χ3v) is 8.92. The number of hydrogen-bond donors (Lipinski definition) is 2. The normalized spacial score (nSPS) is 57.7. The molecule has 0 aromatic carbocycles. The van der Waals surface area contributed by atoms with Gasteiger partial charge in [0.05, 0.1) is 6.10 Å². The van der Waals surface area contributed by atoms with Crippen molar-refractivity contribution in [2.45, 2.75) is 84.3 Å². The first-order valence-electron chi connectivity index (χ1n) is 9.99. The van der Waals surface area contributed by atoms with Crippen molar-refractivity contribution in [3.63, 3.8) is 0 Å². The number of rotatable bonds is 0. The van der Waals surface area contributed by atoms with Crippen LogP contribution in [-0.2, 0) is 0 Å². The maximum atomic E-state index is 11.1. The van der Waals surface area contributed by atoms with E-state index in [2.05, 4.69) is 26.8 Å². The predicted octanol–water partition coefficient (Wildman–Crippen LogP) is 4.27. The summed E-state index contributed by atoms with van der Waals surface area (Å²) in [5, 5.41) is 11.1. The molecule has 8 atom stereocenters. The fourth-order valence-electron chi connectivity index (χ4n) is 7.58. The van der Waals surface area contributed by atoms with E-state index in [-0.39, 0.29) is 6.10 Å². The van der Waals surface area contributed by atoms with Gasteiger partial charge in [0.2, 0.25) is 0 Å². The summed E-state index contributed by atoms with van der Waals surface area (Å²) in [7, 11) is 0. The topological polar surface area (TPSA) is 46.2 Å². The van der Waals surface area contributed by atoms with Gasteiger partial charge in [0, 0.05) is 6.04 Å². The Morgan fingerprint density at radius 2 is 1.87 bits per heavy atom. The van der Waals surface area contributed by atoms with Gasteiger partial charge in [-0.05, 0) is 92.8 Å². The van der Waals surface area contributed by atoms with Gasteiger partial charge in [-0.2, -0.15) is 0 Å². The molecule has 4 rings (SSSR count). The van der Waals surface area contributed by atoms with E-state index in [0.29, 0.717) is 34.6 Å². The summed E-state index contributed by atoms with van der Waals surface area (Å²) in [4.78, 5) is 0. The maximum absolute atomic E-state index is 11.1. The molecule has 8 unspecified atom stereocenters. The van der Waals surface area contributed by atoms with E-state index in [1.807, 2.05) is 0 Å². The van der Waals surface area contributed by atoms with E-state index in [1.165, 1.54) is 38.5 Å². The van der Waals surface area contributed by atoms with E-state index in [1.54, 1.807) is 5.57 Å². The summed E-state index contributed by atoms with van der Waals surface area (Å²) in [6, 6.07) is 0.367. The van der Waals surface area contributed by atoms with Crippen LogP contribution >= 0.6 is 0 Å². The first-order chi connectivity index (χ1) is 10.9. The van der Waals surface area contributed by atoms with Crippen LogP contribution < -0.4 is 5.73 Å². The van der Waals surface area contributed by atoms with Crippen LogP contribution in [0.5, 0.6) is 0 Å². The van der Waals surface area contributed by atoms with Gasteiger partial charge >= 0.3 is 0 Å². The Bertz CT molecular complexity index is 514. The second kappa shape index (κ2) is 5.33. The molecular formula is C21H35NO. The van der Waals surface area contributed by atoms with Gasteiger partial charge in [0.1, 0.15) is 0 Å². The highest BCUT2D eigenvalue weighted by Gasteiger charge is 2.61. The van der Waals surface area contributed by atoms with Crippen molar-refractivity contribution < 1.29 is 5.11 Å². The zero-order valence-electron chi connectivity index (χ0n) is 15.2. The number of aliphatic hydroxyl groups excluding tert-OH is 1. The number of allylic oxidation sites excluding steroid dienone is 2. The minimum absolute atomic E-state index is 0.0933. The van der Waals surface area contributed by atoms with Gasteiger partial charge < -0.3 is 10.8 Å². The standard InChI is InChI=1S/C21H35NO/c1-4-13-5-6-16-19-17(8-10-20(13,16)2)21(3)9-7-15(22)11-14(21)12-18(19)23/h4,14-19,23H,5-12,22H2,1-3H3/b13-4+. The van der Waals surface area contributed by atoms with Gasteiger partial charge in [-0.25, -0.2) is 0 Å². The lowest BCUT2D eigenvalue weighted by Gasteiger charge is -2.62. The summed E-state index contributed by atoms with van der Waals surface area (Å²) in [5.74, 6) is 2.60. The van der Waals surface area contributed by atoms with Crippen molar-refractivity contribution in [3.05, 3.63) is 11.6 Å². The van der Waals surface area contributed by atoms with Gasteiger partial charge in [0.25, 0.3) is 0 Å². The van der Waals surface area contributed by atoms with Gasteiger partial charge in [-0.1, -0.05) is 25.5 Å². The molecule has 3 N–H and O–H groups in total. The van der Waals surface area contributed by atoms with Crippen molar-refractivity contribution in [2.75, 3.05) is 0 Å². The fourth-order valence-corrected chi connectivity index (χ4v) is 7.58. The number of nitrogens with two attached hydrogens (primary N) is 1. The Hall–Kier alpha value is -0.340. The van der Waals surface area contributed by atoms with Gasteiger partial charge in [0.15, 0.2) is 0 Å². The molecule has 0 aromatic rings. The smallest absolute Gasteiger partial charge is 0.0577 e. The van der Waals surface area contributed by atoms with E-state index in [9.17, 15) is 5.11 Å². The SMILES string of the molecule is C/C=C1\CCC2C3C(O)CC4CC(N)CCC4(C)C3CCC12C. The van der Waals surface area contributed by atoms with Gasteiger partial charge in [-0.3, -0.25) is 0 Å². The summed E-state index contributed by atoms with van der Waals surface area (Å²) in [6.45, 7) is 7.25. The molecule has 23 heavy (non-hydrogen) atoms. The quantitative estimate of drug-likeness (QED) is 0.655. The predicted molar refractivity (Wildman–Crippen MR) is 94.8 cm³/mol. The highest BCUT2D eigenvalue weighted by molar-refractivity contribution is 5.24. The summed E-state index contributed by atoms with van der Waals surface area (Å²) in [6.07, 6.45) is 12.1. The molecule has 130 valence electrons. The number of hydrogen-bond acceptors (Lipinski definition) is 2. The molecule has 2 nitrogen and oxygen atoms in total. The molecule has 4 saturated carbocycles. The van der Waals surface area contributed by atoms with Crippen LogP contribution in [0.2, 0.25) is 0 Å². The molecule has 0 bridgehead atoms. The van der Waals surface area contributed by atoms with Crippen molar-refractivity contribution in [3.8, 4) is 0 Å². The first kappa shape index (κ1) is 16.1. The summed E-state index contributed by atoms with van der Waals surface area (Å²) >= 11 is 0. The summed E-state index contributed by atoms with van der Waals surface area (Å²) in [5.41, 5.74) is 8.74. The number of aliphatic hydroxyl groups is 1. The largest absolute Gasteiger partial charge is 0.393 e. The molecule has 0 radical (unpaired) electrons. The Balaban J connectivity index is 1.68. The first-order valence-corrected chi connectivity index (χ1v) is 9.99. The Morgan fingerprint density at radius 3 is 2.61 bits per heavy atom. The van der Waals surface area contributed by atoms with Crippen LogP contribution in [0.4, 0.5) is 0 Å². The van der Waals surface area contributed by atoms with Crippen LogP contribution in [0.3, 0.4) is 0 Å². The van der Waals surface area contributed by atoms with Gasteiger partial charge in [-0.15, -0.1) is 0 Å². The van der Waals surface area contributed by atoms with Crippen LogP contribution in [0.25, 0.3) is 0 Å². The molecule has 0 aromatic heterocycles. The average Bonchev–Trinajstić information content (AvgIpc) is 2.85. The minimum Gasteiger partial charge on any atom is -0.393 e. The third kappa shape index (κ3) is 2.13. The van der Waals surface area contributed by atoms with Crippen LogP contribution in [0, 0.1) is 34.5 Å². The van der Waals surface area contributed by atoms with E-state index in [0.717, 1.165) is 18.8 Å². The molecule has 0 amide bonds. The van der Waals surface area contributed by atoms with Crippen LogP contribution in [-0.4, -0.2) is 17.3 Å². The molecule has 4 aliphatic rings. The average molecular weight is 318 g/mol. The second-order valence-electron chi connectivity index (χ2n) is 9.64. The van der Waals surface area contributed by atoms with Crippen molar-refractivity contribution in [1.82, 2.24) is 0 Å². The highest BCUT2D eigenvalue weighted by Crippen LogP contribution is 2.67. The van der Waals surface area contributed by atoms with Crippen molar-refractivity contribution >= 4 is 0 Å². The van der Waals surface area contributed by atoms with Crippen LogP contribution in [0.1, 0.15) is 72.1 Å². The molecule has 0 aliphatic heterocycles. The molecule has 0 saturated heterocycles. The molecular weight excluding hydrogens is 282 g/mol. The molecule has 0 spiro atoms. The summed E-state index contributed by atoms with van der Waals surface area (Å²) < 4.78 is 0. The van der Waals surface area contributed by atoms with E-state index < -0.39 is 0 Å². The molecule has 4 fully saturated rings. The van der Waals surface area contributed by atoms with E-state index in [4.69, 9.17) is 5.73 Å². The second-order valence-corrected chi connectivity index (χ2v) is 9.64. The number of fused-ring (bicyclic) bond motifs is 5. The molecule has 2 heteroatoms.